The normalized spacial score (nSPS) is 41.6. The number of carbonyl (C=O) groups is 1. The number of hydrogen-bond acceptors (Lipinski definition) is 3. The second-order valence-corrected chi connectivity index (χ2v) is 3.94. The summed E-state index contributed by atoms with van der Waals surface area (Å²) in [4.78, 5) is 10.9. The average Bonchev–Trinajstić information content (AvgIpc) is 2.61. The van der Waals surface area contributed by atoms with Crippen LogP contribution in [0.15, 0.2) is 0 Å². The number of aliphatic carboxylic acids is 1. The molecule has 2 atom stereocenters. The fraction of sp³-hybridized carbons (Fsp3) is 0.875. The van der Waals surface area contributed by atoms with Crippen LogP contribution in [-0.2, 0) is 9.53 Å². The molecule has 1 aliphatic heterocycles. The van der Waals surface area contributed by atoms with Crippen LogP contribution in [0.4, 0.5) is 0 Å². The summed E-state index contributed by atoms with van der Waals surface area (Å²) >= 11 is 0. The summed E-state index contributed by atoms with van der Waals surface area (Å²) in [5.41, 5.74) is 4.63. The van der Waals surface area contributed by atoms with Crippen LogP contribution in [-0.4, -0.2) is 29.8 Å². The lowest BCUT2D eigenvalue weighted by atomic mass is 9.88. The highest BCUT2D eigenvalue weighted by Crippen LogP contribution is 2.52. The number of hydrogen-bond donors (Lipinski definition) is 2. The van der Waals surface area contributed by atoms with E-state index in [1.807, 2.05) is 0 Å². The zero-order valence-corrected chi connectivity index (χ0v) is 8.10. The maximum absolute atomic E-state index is 10.9. The molecule has 0 aromatic heterocycles. The smallest absolute Gasteiger partial charge is 0.312 e. The Balaban J connectivity index is 0.000000845. The van der Waals surface area contributed by atoms with Crippen molar-refractivity contribution in [3.63, 3.8) is 0 Å². The van der Waals surface area contributed by atoms with E-state index in [9.17, 15) is 4.79 Å². The van der Waals surface area contributed by atoms with Crippen molar-refractivity contribution in [1.29, 1.82) is 0 Å². The van der Waals surface area contributed by atoms with Gasteiger partial charge in [-0.05, 0) is 19.3 Å². The third-order valence-electron chi connectivity index (χ3n) is 3.20. The van der Waals surface area contributed by atoms with Gasteiger partial charge in [0, 0.05) is 6.54 Å². The summed E-state index contributed by atoms with van der Waals surface area (Å²) in [6, 6.07) is 0. The van der Waals surface area contributed by atoms with Crippen LogP contribution in [0, 0.1) is 5.41 Å². The van der Waals surface area contributed by atoms with Gasteiger partial charge < -0.3 is 15.6 Å². The SMILES string of the molecule is Cl.NCC12CCC(C(=O)O)(CO1)C2. The van der Waals surface area contributed by atoms with Crippen LogP contribution in [0.5, 0.6) is 0 Å². The minimum Gasteiger partial charge on any atom is -0.481 e. The predicted molar refractivity (Wildman–Crippen MR) is 48.9 cm³/mol. The fourth-order valence-electron chi connectivity index (χ4n) is 2.28. The Labute approximate surface area is 82.8 Å². The Hall–Kier alpha value is -0.320. The lowest BCUT2D eigenvalue weighted by Gasteiger charge is -2.25. The standard InChI is InChI=1S/C8H13NO3.ClH/c9-4-8-2-1-7(3-8,5-12-8)6(10)11;/h1-5,9H2,(H,10,11);1H. The number of nitrogens with two attached hydrogens (primary N) is 1. The summed E-state index contributed by atoms with van der Waals surface area (Å²) < 4.78 is 5.45. The van der Waals surface area contributed by atoms with Crippen LogP contribution >= 0.6 is 12.4 Å². The molecule has 1 saturated heterocycles. The molecule has 5 heteroatoms. The van der Waals surface area contributed by atoms with Crippen molar-refractivity contribution in [1.82, 2.24) is 0 Å². The lowest BCUT2D eigenvalue weighted by molar-refractivity contribution is -0.150. The van der Waals surface area contributed by atoms with E-state index in [-0.39, 0.29) is 18.0 Å². The quantitative estimate of drug-likeness (QED) is 0.687. The molecule has 76 valence electrons. The van der Waals surface area contributed by atoms with Gasteiger partial charge >= 0.3 is 5.97 Å². The Kier molecular flexibility index (Phi) is 2.58. The second-order valence-electron chi connectivity index (χ2n) is 3.94. The van der Waals surface area contributed by atoms with E-state index in [1.54, 1.807) is 0 Å². The zero-order valence-electron chi connectivity index (χ0n) is 7.28. The van der Waals surface area contributed by atoms with Crippen LogP contribution in [0.2, 0.25) is 0 Å². The van der Waals surface area contributed by atoms with E-state index in [1.165, 1.54) is 0 Å². The van der Waals surface area contributed by atoms with E-state index in [2.05, 4.69) is 0 Å². The van der Waals surface area contributed by atoms with Crippen LogP contribution in [0.1, 0.15) is 19.3 Å². The summed E-state index contributed by atoms with van der Waals surface area (Å²) in [7, 11) is 0. The lowest BCUT2D eigenvalue weighted by Crippen LogP contribution is -2.35. The van der Waals surface area contributed by atoms with Crippen molar-refractivity contribution >= 4 is 18.4 Å². The number of ether oxygens (including phenoxy) is 1. The third-order valence-corrected chi connectivity index (χ3v) is 3.20. The molecule has 1 aliphatic carbocycles. The van der Waals surface area contributed by atoms with E-state index >= 15 is 0 Å². The van der Waals surface area contributed by atoms with Crippen molar-refractivity contribution in [3.8, 4) is 0 Å². The molecule has 13 heavy (non-hydrogen) atoms. The number of rotatable bonds is 2. The van der Waals surface area contributed by atoms with E-state index in [4.69, 9.17) is 15.6 Å². The first-order valence-electron chi connectivity index (χ1n) is 4.20. The van der Waals surface area contributed by atoms with Gasteiger partial charge in [0.05, 0.1) is 17.6 Å². The van der Waals surface area contributed by atoms with Gasteiger partial charge in [-0.25, -0.2) is 0 Å². The second kappa shape index (κ2) is 3.12. The van der Waals surface area contributed by atoms with Gasteiger partial charge in [0.2, 0.25) is 0 Å². The summed E-state index contributed by atoms with van der Waals surface area (Å²) in [6.07, 6.45) is 2.13. The van der Waals surface area contributed by atoms with E-state index in [0.29, 0.717) is 19.6 Å². The van der Waals surface area contributed by atoms with Crippen molar-refractivity contribution < 1.29 is 14.6 Å². The first kappa shape index (κ1) is 10.8. The highest BCUT2D eigenvalue weighted by Gasteiger charge is 2.59. The monoisotopic (exact) mass is 207 g/mol. The average molecular weight is 208 g/mol. The van der Waals surface area contributed by atoms with Crippen molar-refractivity contribution in [2.75, 3.05) is 13.2 Å². The van der Waals surface area contributed by atoms with E-state index in [0.717, 1.165) is 12.8 Å². The molecule has 1 saturated carbocycles. The third kappa shape index (κ3) is 1.33. The number of halogens is 1. The molecule has 2 rings (SSSR count). The largest absolute Gasteiger partial charge is 0.481 e. The number of carboxylic acids is 1. The topological polar surface area (TPSA) is 72.6 Å². The molecule has 0 amide bonds. The molecule has 1 heterocycles. The molecule has 4 nitrogen and oxygen atoms in total. The van der Waals surface area contributed by atoms with Crippen molar-refractivity contribution in [3.05, 3.63) is 0 Å². The molecule has 2 aliphatic rings. The highest BCUT2D eigenvalue weighted by molar-refractivity contribution is 5.85. The molecule has 2 bridgehead atoms. The first-order chi connectivity index (χ1) is 5.63. The molecule has 2 fully saturated rings. The zero-order chi connectivity index (χ0) is 8.82. The number of carboxylic acid groups (broad SMARTS) is 1. The van der Waals surface area contributed by atoms with Gasteiger partial charge in [-0.15, -0.1) is 12.4 Å². The van der Waals surface area contributed by atoms with Crippen molar-refractivity contribution in [2.45, 2.75) is 24.9 Å². The predicted octanol–water partition coefficient (Wildman–Crippen LogP) is 0.391. The van der Waals surface area contributed by atoms with Gasteiger partial charge in [-0.3, -0.25) is 4.79 Å². The number of fused-ring (bicyclic) bond motifs is 2. The first-order valence-corrected chi connectivity index (χ1v) is 4.20. The maximum atomic E-state index is 10.9. The molecule has 3 N–H and O–H groups in total. The van der Waals surface area contributed by atoms with Gasteiger partial charge in [0.15, 0.2) is 0 Å². The Morgan fingerprint density at radius 2 is 2.23 bits per heavy atom. The van der Waals surface area contributed by atoms with Gasteiger partial charge in [-0.2, -0.15) is 0 Å². The maximum Gasteiger partial charge on any atom is 0.312 e. The molecular weight excluding hydrogens is 194 g/mol. The van der Waals surface area contributed by atoms with Crippen molar-refractivity contribution in [2.24, 2.45) is 11.1 Å². The minimum atomic E-state index is -0.727. The Morgan fingerprint density at radius 3 is 2.46 bits per heavy atom. The Morgan fingerprint density at radius 1 is 1.54 bits per heavy atom. The molecule has 0 aromatic carbocycles. The van der Waals surface area contributed by atoms with E-state index < -0.39 is 11.4 Å². The minimum absolute atomic E-state index is 0. The van der Waals surface area contributed by atoms with Crippen LogP contribution < -0.4 is 5.73 Å². The summed E-state index contributed by atoms with van der Waals surface area (Å²) in [5, 5.41) is 8.98. The van der Waals surface area contributed by atoms with Gasteiger partial charge in [-0.1, -0.05) is 0 Å². The molecular formula is C8H14ClNO3. The molecule has 0 aromatic rings. The van der Waals surface area contributed by atoms with Gasteiger partial charge in [0.1, 0.15) is 0 Å². The van der Waals surface area contributed by atoms with Gasteiger partial charge in [0.25, 0.3) is 0 Å². The molecule has 0 spiro atoms. The molecule has 2 unspecified atom stereocenters. The summed E-state index contributed by atoms with van der Waals surface area (Å²) in [6.45, 7) is 0.793. The Bertz CT molecular complexity index is 223. The van der Waals surface area contributed by atoms with Crippen LogP contribution in [0.25, 0.3) is 0 Å². The molecule has 0 radical (unpaired) electrons. The highest BCUT2D eigenvalue weighted by atomic mass is 35.5. The fourth-order valence-corrected chi connectivity index (χ4v) is 2.28. The van der Waals surface area contributed by atoms with Crippen LogP contribution in [0.3, 0.4) is 0 Å². The summed E-state index contributed by atoms with van der Waals surface area (Å²) in [5.74, 6) is -0.727.